The van der Waals surface area contributed by atoms with Gasteiger partial charge in [-0.3, -0.25) is 4.99 Å². The van der Waals surface area contributed by atoms with Crippen LogP contribution >= 0.6 is 11.6 Å². The minimum Gasteiger partial charge on any atom is -0.422 e. The van der Waals surface area contributed by atoms with Crippen LogP contribution in [-0.2, 0) is 0 Å². The molecule has 4 heteroatoms. The van der Waals surface area contributed by atoms with Crippen molar-refractivity contribution in [1.29, 1.82) is 0 Å². The number of fused-ring (bicyclic) bond motifs is 1. The predicted octanol–water partition coefficient (Wildman–Crippen LogP) is 6.77. The van der Waals surface area contributed by atoms with Gasteiger partial charge in [0.25, 0.3) is 0 Å². The fourth-order valence-electron chi connectivity index (χ4n) is 3.08. The van der Waals surface area contributed by atoms with Gasteiger partial charge in [-0.1, -0.05) is 60.1 Å². The van der Waals surface area contributed by atoms with Gasteiger partial charge >= 0.3 is 5.97 Å². The van der Waals surface area contributed by atoms with Crippen molar-refractivity contribution in [3.8, 4) is 5.75 Å². The van der Waals surface area contributed by atoms with E-state index in [2.05, 4.69) is 4.99 Å². The molecule has 3 nitrogen and oxygen atoms in total. The lowest BCUT2D eigenvalue weighted by atomic mass is 10.0. The van der Waals surface area contributed by atoms with Crippen LogP contribution in [-0.4, -0.2) is 12.2 Å². The second kappa shape index (κ2) is 8.29. The molecule has 0 fully saturated rings. The van der Waals surface area contributed by atoms with Crippen LogP contribution in [0, 0.1) is 6.92 Å². The number of aliphatic imine (C=N–C) groups is 1. The molecular weight excluding hydrogens is 382 g/mol. The summed E-state index contributed by atoms with van der Waals surface area (Å²) in [5.74, 6) is 0.0171. The topological polar surface area (TPSA) is 38.7 Å². The molecule has 4 rings (SSSR count). The molecule has 0 saturated heterocycles. The molecule has 0 saturated carbocycles. The summed E-state index contributed by atoms with van der Waals surface area (Å²) >= 11 is 5.91. The van der Waals surface area contributed by atoms with Crippen molar-refractivity contribution in [2.45, 2.75) is 6.92 Å². The molecule has 0 aliphatic carbocycles. The largest absolute Gasteiger partial charge is 0.422 e. The minimum atomic E-state index is -0.442. The summed E-state index contributed by atoms with van der Waals surface area (Å²) in [4.78, 5) is 17.3. The van der Waals surface area contributed by atoms with E-state index in [1.54, 1.807) is 36.5 Å². The van der Waals surface area contributed by atoms with Crippen LogP contribution in [0.5, 0.6) is 5.75 Å². The summed E-state index contributed by atoms with van der Waals surface area (Å²) in [5.41, 5.74) is 3.14. The molecular formula is C25H18ClNO2. The maximum absolute atomic E-state index is 12.6. The standard InChI is InChI=1S/C25H18ClNO2/c1-17-6-2-5-9-23(17)27-16-22-21-8-4-3-7-18(21)12-15-24(22)29-25(28)19-10-13-20(26)14-11-19/h2-16H,1H3. The van der Waals surface area contributed by atoms with Gasteiger partial charge in [-0.05, 0) is 59.7 Å². The highest BCUT2D eigenvalue weighted by molar-refractivity contribution is 6.30. The van der Waals surface area contributed by atoms with E-state index < -0.39 is 5.97 Å². The first-order valence-corrected chi connectivity index (χ1v) is 9.59. The number of carbonyl (C=O) groups is 1. The molecule has 0 atom stereocenters. The van der Waals surface area contributed by atoms with Crippen molar-refractivity contribution in [1.82, 2.24) is 0 Å². The summed E-state index contributed by atoms with van der Waals surface area (Å²) in [6.07, 6.45) is 1.76. The number of halogens is 1. The third-order valence-corrected chi connectivity index (χ3v) is 4.91. The van der Waals surface area contributed by atoms with E-state index in [0.717, 1.165) is 27.6 Å². The molecule has 0 heterocycles. The molecule has 0 radical (unpaired) electrons. The number of carbonyl (C=O) groups excluding carboxylic acids is 1. The number of hydrogen-bond donors (Lipinski definition) is 0. The van der Waals surface area contributed by atoms with Crippen molar-refractivity contribution in [3.05, 3.63) is 107 Å². The number of benzene rings is 4. The van der Waals surface area contributed by atoms with Gasteiger partial charge < -0.3 is 4.74 Å². The molecule has 0 aromatic heterocycles. The molecule has 0 bridgehead atoms. The highest BCUT2D eigenvalue weighted by Crippen LogP contribution is 2.28. The van der Waals surface area contributed by atoms with Crippen LogP contribution in [0.3, 0.4) is 0 Å². The molecule has 4 aromatic rings. The summed E-state index contributed by atoms with van der Waals surface area (Å²) in [5, 5.41) is 2.58. The van der Waals surface area contributed by atoms with Crippen molar-refractivity contribution in [2.75, 3.05) is 0 Å². The van der Waals surface area contributed by atoms with E-state index in [1.807, 2.05) is 61.5 Å². The molecule has 0 spiro atoms. The van der Waals surface area contributed by atoms with Gasteiger partial charge in [0.1, 0.15) is 5.75 Å². The number of nitrogens with zero attached hydrogens (tertiary/aromatic N) is 1. The Morgan fingerprint density at radius 3 is 2.41 bits per heavy atom. The zero-order valence-electron chi connectivity index (χ0n) is 15.8. The lowest BCUT2D eigenvalue weighted by Crippen LogP contribution is -2.09. The van der Waals surface area contributed by atoms with E-state index in [0.29, 0.717) is 16.3 Å². The van der Waals surface area contributed by atoms with Crippen LogP contribution in [0.1, 0.15) is 21.5 Å². The Morgan fingerprint density at radius 2 is 1.62 bits per heavy atom. The first kappa shape index (κ1) is 18.9. The van der Waals surface area contributed by atoms with Gasteiger partial charge in [0.2, 0.25) is 0 Å². The maximum atomic E-state index is 12.6. The summed E-state index contributed by atoms with van der Waals surface area (Å²) in [7, 11) is 0. The monoisotopic (exact) mass is 399 g/mol. The average Bonchev–Trinajstić information content (AvgIpc) is 2.74. The molecule has 0 aliphatic heterocycles. The van der Waals surface area contributed by atoms with E-state index in [9.17, 15) is 4.79 Å². The zero-order valence-corrected chi connectivity index (χ0v) is 16.6. The van der Waals surface area contributed by atoms with Crippen LogP contribution in [0.2, 0.25) is 5.02 Å². The number of para-hydroxylation sites is 1. The predicted molar refractivity (Wildman–Crippen MR) is 119 cm³/mol. The fourth-order valence-corrected chi connectivity index (χ4v) is 3.21. The molecule has 0 unspecified atom stereocenters. The summed E-state index contributed by atoms with van der Waals surface area (Å²) in [6.45, 7) is 2.01. The average molecular weight is 400 g/mol. The molecule has 4 aromatic carbocycles. The molecule has 0 amide bonds. The highest BCUT2D eigenvalue weighted by atomic mass is 35.5. The molecule has 0 N–H and O–H groups in total. The quantitative estimate of drug-likeness (QED) is 0.216. The highest BCUT2D eigenvalue weighted by Gasteiger charge is 2.13. The van der Waals surface area contributed by atoms with Crippen molar-refractivity contribution >= 4 is 40.2 Å². The van der Waals surface area contributed by atoms with Gasteiger partial charge in [0.15, 0.2) is 0 Å². The smallest absolute Gasteiger partial charge is 0.343 e. The van der Waals surface area contributed by atoms with Crippen molar-refractivity contribution in [3.63, 3.8) is 0 Å². The second-order valence-electron chi connectivity index (χ2n) is 6.64. The molecule has 142 valence electrons. The van der Waals surface area contributed by atoms with Crippen LogP contribution in [0.15, 0.2) is 89.9 Å². The Balaban J connectivity index is 1.75. The van der Waals surface area contributed by atoms with Crippen LogP contribution in [0.4, 0.5) is 5.69 Å². The van der Waals surface area contributed by atoms with Crippen LogP contribution in [0.25, 0.3) is 10.8 Å². The number of hydrogen-bond acceptors (Lipinski definition) is 3. The van der Waals surface area contributed by atoms with Gasteiger partial charge in [-0.15, -0.1) is 0 Å². The first-order valence-electron chi connectivity index (χ1n) is 9.21. The number of aryl methyl sites for hydroxylation is 1. The Labute approximate surface area is 174 Å². The number of rotatable bonds is 4. The lowest BCUT2D eigenvalue weighted by molar-refractivity contribution is 0.0735. The Morgan fingerprint density at radius 1 is 0.897 bits per heavy atom. The normalized spacial score (nSPS) is 11.1. The van der Waals surface area contributed by atoms with E-state index in [-0.39, 0.29) is 0 Å². The number of esters is 1. The third-order valence-electron chi connectivity index (χ3n) is 4.66. The second-order valence-corrected chi connectivity index (χ2v) is 7.08. The minimum absolute atomic E-state index is 0.435. The summed E-state index contributed by atoms with van der Waals surface area (Å²) in [6, 6.07) is 26.2. The summed E-state index contributed by atoms with van der Waals surface area (Å²) < 4.78 is 5.72. The Hall–Kier alpha value is -3.43. The van der Waals surface area contributed by atoms with Gasteiger partial charge in [0.05, 0.1) is 11.3 Å². The van der Waals surface area contributed by atoms with E-state index >= 15 is 0 Å². The number of ether oxygens (including phenoxy) is 1. The molecule has 0 aliphatic rings. The van der Waals surface area contributed by atoms with E-state index in [1.165, 1.54) is 0 Å². The van der Waals surface area contributed by atoms with Gasteiger partial charge in [-0.2, -0.15) is 0 Å². The fraction of sp³-hybridized carbons (Fsp3) is 0.0400. The van der Waals surface area contributed by atoms with Crippen LogP contribution < -0.4 is 4.74 Å². The van der Waals surface area contributed by atoms with Crippen molar-refractivity contribution < 1.29 is 9.53 Å². The van der Waals surface area contributed by atoms with Crippen molar-refractivity contribution in [2.24, 2.45) is 4.99 Å². The Bertz CT molecular complexity index is 1210. The SMILES string of the molecule is Cc1ccccc1N=Cc1c(OC(=O)c2ccc(Cl)cc2)ccc2ccccc12. The first-order chi connectivity index (χ1) is 14.1. The third kappa shape index (κ3) is 4.20. The molecule has 29 heavy (non-hydrogen) atoms. The van der Waals surface area contributed by atoms with E-state index in [4.69, 9.17) is 16.3 Å². The lowest BCUT2D eigenvalue weighted by Gasteiger charge is -2.11. The van der Waals surface area contributed by atoms with Gasteiger partial charge in [-0.25, -0.2) is 4.79 Å². The zero-order chi connectivity index (χ0) is 20.2. The van der Waals surface area contributed by atoms with Gasteiger partial charge in [0, 0.05) is 16.8 Å². The Kier molecular flexibility index (Phi) is 5.41. The maximum Gasteiger partial charge on any atom is 0.343 e.